The summed E-state index contributed by atoms with van der Waals surface area (Å²) >= 11 is 5.74. The zero-order chi connectivity index (χ0) is 16.4. The number of piperazine rings is 1. The Kier molecular flexibility index (Phi) is 4.53. The minimum absolute atomic E-state index is 0.0819. The summed E-state index contributed by atoms with van der Waals surface area (Å²) in [5.41, 5.74) is 2.46. The molecule has 0 N–H and O–H groups in total. The monoisotopic (exact) mass is 332 g/mol. The molecule has 0 aliphatic carbocycles. The minimum Gasteiger partial charge on any atom is -0.368 e. The number of halogens is 2. The van der Waals surface area contributed by atoms with E-state index in [0.717, 1.165) is 18.8 Å². The Morgan fingerprint density at radius 3 is 2.48 bits per heavy atom. The second kappa shape index (κ2) is 6.59. The lowest BCUT2D eigenvalue weighted by atomic mass is 10.1. The highest BCUT2D eigenvalue weighted by molar-refractivity contribution is 6.30. The Morgan fingerprint density at radius 1 is 1.09 bits per heavy atom. The lowest BCUT2D eigenvalue weighted by Gasteiger charge is -2.36. The molecule has 0 spiro atoms. The van der Waals surface area contributed by atoms with E-state index in [4.69, 9.17) is 11.6 Å². The van der Waals surface area contributed by atoms with E-state index in [2.05, 4.69) is 30.0 Å². The van der Waals surface area contributed by atoms with Crippen LogP contribution in [0.25, 0.3) is 0 Å². The first-order valence-electron chi connectivity index (χ1n) is 7.60. The van der Waals surface area contributed by atoms with Crippen molar-refractivity contribution in [3.8, 4) is 0 Å². The predicted octanol–water partition coefficient (Wildman–Crippen LogP) is 3.75. The minimum atomic E-state index is -0.566. The molecular weight excluding hydrogens is 315 g/mol. The first-order valence-corrected chi connectivity index (χ1v) is 7.98. The number of hydrogen-bond acceptors (Lipinski definition) is 2. The number of benzene rings is 2. The molecule has 23 heavy (non-hydrogen) atoms. The quantitative estimate of drug-likeness (QED) is 0.836. The maximum Gasteiger partial charge on any atom is 0.256 e. The summed E-state index contributed by atoms with van der Waals surface area (Å²) in [6.07, 6.45) is 0. The summed E-state index contributed by atoms with van der Waals surface area (Å²) < 4.78 is 13.9. The summed E-state index contributed by atoms with van der Waals surface area (Å²) in [7, 11) is 0. The maximum absolute atomic E-state index is 13.9. The van der Waals surface area contributed by atoms with Crippen molar-refractivity contribution < 1.29 is 9.18 Å². The Labute approximate surface area is 140 Å². The molecule has 1 aliphatic heterocycles. The number of hydrogen-bond donors (Lipinski definition) is 0. The van der Waals surface area contributed by atoms with Crippen LogP contribution in [0.5, 0.6) is 0 Å². The maximum atomic E-state index is 13.9. The van der Waals surface area contributed by atoms with Crippen LogP contribution in [0.2, 0.25) is 5.02 Å². The molecule has 1 saturated heterocycles. The van der Waals surface area contributed by atoms with Crippen LogP contribution < -0.4 is 4.90 Å². The van der Waals surface area contributed by atoms with E-state index in [1.165, 1.54) is 17.7 Å². The third-order valence-electron chi connectivity index (χ3n) is 4.10. The molecule has 0 atom stereocenters. The zero-order valence-electron chi connectivity index (χ0n) is 12.9. The molecule has 1 amide bonds. The van der Waals surface area contributed by atoms with Gasteiger partial charge in [-0.3, -0.25) is 4.79 Å². The topological polar surface area (TPSA) is 23.6 Å². The van der Waals surface area contributed by atoms with Crippen LogP contribution in [-0.2, 0) is 0 Å². The highest BCUT2D eigenvalue weighted by Crippen LogP contribution is 2.20. The number of nitrogens with zero attached hydrogens (tertiary/aromatic N) is 2. The lowest BCUT2D eigenvalue weighted by molar-refractivity contribution is 0.0742. The number of rotatable bonds is 2. The van der Waals surface area contributed by atoms with Crippen LogP contribution in [0.15, 0.2) is 42.5 Å². The average molecular weight is 333 g/mol. The van der Waals surface area contributed by atoms with Gasteiger partial charge in [0, 0.05) is 36.9 Å². The first kappa shape index (κ1) is 15.8. The molecule has 0 radical (unpaired) electrons. The summed E-state index contributed by atoms with van der Waals surface area (Å²) in [4.78, 5) is 16.4. The molecular formula is C18H18ClFN2O. The average Bonchev–Trinajstić information content (AvgIpc) is 2.54. The van der Waals surface area contributed by atoms with Crippen molar-refractivity contribution in [3.63, 3.8) is 0 Å². The fourth-order valence-corrected chi connectivity index (χ4v) is 2.98. The standard InChI is InChI=1S/C18H18ClFN2O/c1-13-3-2-4-15(11-13)21-7-9-22(10-8-21)18(23)16-6-5-14(19)12-17(16)20/h2-6,11-12H,7-10H2,1H3. The molecule has 1 heterocycles. The van der Waals surface area contributed by atoms with Gasteiger partial charge < -0.3 is 9.80 Å². The molecule has 3 rings (SSSR count). The van der Waals surface area contributed by atoms with Crippen molar-refractivity contribution in [2.75, 3.05) is 31.1 Å². The van der Waals surface area contributed by atoms with Crippen LogP contribution in [0.1, 0.15) is 15.9 Å². The van der Waals surface area contributed by atoms with Gasteiger partial charge in [-0.2, -0.15) is 0 Å². The van der Waals surface area contributed by atoms with Gasteiger partial charge in [0.1, 0.15) is 5.82 Å². The SMILES string of the molecule is Cc1cccc(N2CCN(C(=O)c3ccc(Cl)cc3F)CC2)c1. The van der Waals surface area contributed by atoms with Gasteiger partial charge in [0.25, 0.3) is 5.91 Å². The van der Waals surface area contributed by atoms with Crippen LogP contribution >= 0.6 is 11.6 Å². The van der Waals surface area contributed by atoms with Crippen LogP contribution in [-0.4, -0.2) is 37.0 Å². The van der Waals surface area contributed by atoms with E-state index in [1.54, 1.807) is 11.0 Å². The predicted molar refractivity (Wildman–Crippen MR) is 90.7 cm³/mol. The van der Waals surface area contributed by atoms with Gasteiger partial charge in [0.05, 0.1) is 5.56 Å². The van der Waals surface area contributed by atoms with E-state index in [1.807, 2.05) is 6.07 Å². The van der Waals surface area contributed by atoms with E-state index in [9.17, 15) is 9.18 Å². The van der Waals surface area contributed by atoms with Crippen molar-refractivity contribution in [1.82, 2.24) is 4.90 Å². The van der Waals surface area contributed by atoms with Crippen LogP contribution in [0, 0.1) is 12.7 Å². The van der Waals surface area contributed by atoms with Gasteiger partial charge in [-0.25, -0.2) is 4.39 Å². The van der Waals surface area contributed by atoms with Gasteiger partial charge in [-0.15, -0.1) is 0 Å². The Morgan fingerprint density at radius 2 is 1.83 bits per heavy atom. The molecule has 2 aromatic carbocycles. The number of amides is 1. The summed E-state index contributed by atoms with van der Waals surface area (Å²) in [5, 5.41) is 0.295. The van der Waals surface area contributed by atoms with Crippen LogP contribution in [0.3, 0.4) is 0 Å². The highest BCUT2D eigenvalue weighted by Gasteiger charge is 2.24. The third-order valence-corrected chi connectivity index (χ3v) is 4.33. The number of carbonyl (C=O) groups is 1. The molecule has 1 aliphatic rings. The van der Waals surface area contributed by atoms with Crippen LogP contribution in [0.4, 0.5) is 10.1 Å². The second-order valence-electron chi connectivity index (χ2n) is 5.74. The molecule has 0 bridgehead atoms. The fraction of sp³-hybridized carbons (Fsp3) is 0.278. The second-order valence-corrected chi connectivity index (χ2v) is 6.18. The number of aryl methyl sites for hydroxylation is 1. The highest BCUT2D eigenvalue weighted by atomic mass is 35.5. The first-order chi connectivity index (χ1) is 11.0. The Balaban J connectivity index is 1.68. The molecule has 0 unspecified atom stereocenters. The van der Waals surface area contributed by atoms with Gasteiger partial charge in [0.2, 0.25) is 0 Å². The van der Waals surface area contributed by atoms with E-state index in [-0.39, 0.29) is 11.5 Å². The van der Waals surface area contributed by atoms with E-state index < -0.39 is 5.82 Å². The van der Waals surface area contributed by atoms with E-state index in [0.29, 0.717) is 18.1 Å². The van der Waals surface area contributed by atoms with Crippen molar-refractivity contribution in [1.29, 1.82) is 0 Å². The fourth-order valence-electron chi connectivity index (χ4n) is 2.83. The van der Waals surface area contributed by atoms with Crippen molar-refractivity contribution >= 4 is 23.2 Å². The lowest BCUT2D eigenvalue weighted by Crippen LogP contribution is -2.49. The largest absolute Gasteiger partial charge is 0.368 e. The molecule has 2 aromatic rings. The number of anilines is 1. The zero-order valence-corrected chi connectivity index (χ0v) is 13.7. The molecule has 5 heteroatoms. The van der Waals surface area contributed by atoms with Gasteiger partial charge in [-0.1, -0.05) is 23.7 Å². The number of carbonyl (C=O) groups excluding carboxylic acids is 1. The van der Waals surface area contributed by atoms with Crippen molar-refractivity contribution in [2.45, 2.75) is 6.92 Å². The Hall–Kier alpha value is -2.07. The molecule has 1 fully saturated rings. The van der Waals surface area contributed by atoms with Gasteiger partial charge in [0.15, 0.2) is 0 Å². The van der Waals surface area contributed by atoms with Gasteiger partial charge >= 0.3 is 0 Å². The molecule has 120 valence electrons. The third kappa shape index (κ3) is 3.48. The summed E-state index contributed by atoms with van der Waals surface area (Å²) in [6, 6.07) is 12.5. The smallest absolute Gasteiger partial charge is 0.256 e. The summed E-state index contributed by atoms with van der Waals surface area (Å²) in [6.45, 7) is 4.70. The Bertz CT molecular complexity index is 727. The van der Waals surface area contributed by atoms with Crippen molar-refractivity contribution in [3.05, 3.63) is 64.4 Å². The van der Waals surface area contributed by atoms with Crippen molar-refractivity contribution in [2.24, 2.45) is 0 Å². The molecule has 3 nitrogen and oxygen atoms in total. The summed E-state index contributed by atoms with van der Waals surface area (Å²) in [5.74, 6) is -0.841. The van der Waals surface area contributed by atoms with E-state index >= 15 is 0 Å². The normalized spacial score (nSPS) is 14.9. The van der Waals surface area contributed by atoms with Gasteiger partial charge in [-0.05, 0) is 42.8 Å². The molecule has 0 aromatic heterocycles. The molecule has 0 saturated carbocycles.